The maximum atomic E-state index is 12.3. The van der Waals surface area contributed by atoms with E-state index in [1.165, 1.54) is 5.01 Å². The van der Waals surface area contributed by atoms with Crippen LogP contribution in [-0.2, 0) is 4.79 Å². The number of aromatic amines is 1. The molecule has 2 N–H and O–H groups in total. The second-order valence-electron chi connectivity index (χ2n) is 7.61. The molecule has 0 aliphatic carbocycles. The van der Waals surface area contributed by atoms with Crippen molar-refractivity contribution in [1.29, 1.82) is 0 Å². The number of nitrogens with one attached hydrogen (secondary N) is 2. The first-order valence-electron chi connectivity index (χ1n) is 9.78. The van der Waals surface area contributed by atoms with Crippen molar-refractivity contribution in [3.63, 3.8) is 0 Å². The number of thiazole rings is 1. The number of aryl methyl sites for hydroxylation is 2. The molecule has 28 heavy (non-hydrogen) atoms. The predicted molar refractivity (Wildman–Crippen MR) is 119 cm³/mol. The van der Waals surface area contributed by atoms with Crippen LogP contribution in [0.3, 0.4) is 0 Å². The molecular weight excluding hydrogens is 366 g/mol. The Morgan fingerprint density at radius 3 is 2.61 bits per heavy atom. The van der Waals surface area contributed by atoms with Gasteiger partial charge in [-0.25, -0.2) is 4.98 Å². The number of piperidine rings is 1. The molecule has 2 aromatic heterocycles. The smallest absolute Gasteiger partial charge is 0.160 e. The monoisotopic (exact) mass is 395 g/mol. The van der Waals surface area contributed by atoms with Crippen molar-refractivity contribution in [3.8, 4) is 0 Å². The Bertz CT molecular complexity index is 939. The van der Waals surface area contributed by atoms with Crippen LogP contribution in [0.1, 0.15) is 60.3 Å². The van der Waals surface area contributed by atoms with Gasteiger partial charge < -0.3 is 10.3 Å². The highest BCUT2D eigenvalue weighted by Crippen LogP contribution is 2.30. The first-order valence-corrected chi connectivity index (χ1v) is 10.7. The largest absolute Gasteiger partial charge is 0.359 e. The van der Waals surface area contributed by atoms with Gasteiger partial charge in [-0.2, -0.15) is 0 Å². The summed E-state index contributed by atoms with van der Waals surface area (Å²) in [6.07, 6.45) is 6.19. The summed E-state index contributed by atoms with van der Waals surface area (Å²) < 4.78 is 0. The summed E-state index contributed by atoms with van der Waals surface area (Å²) in [5.41, 5.74) is 6.55. The molecule has 0 unspecified atom stereocenters. The van der Waals surface area contributed by atoms with Gasteiger partial charge in [0.05, 0.1) is 10.7 Å². The molecule has 1 aliphatic heterocycles. The number of Topliss-reactive ketones (excluding diaryl/α,β-unsaturated/α-hetero) is 1. The lowest BCUT2D eigenvalue weighted by Crippen LogP contribution is -2.26. The van der Waals surface area contributed by atoms with Crippen LogP contribution in [-0.4, -0.2) is 28.8 Å². The number of hydrogen-bond acceptors (Lipinski definition) is 4. The molecule has 3 rings (SSSR count). The topological polar surface area (TPSA) is 57.8 Å². The van der Waals surface area contributed by atoms with Gasteiger partial charge in [-0.3, -0.25) is 4.79 Å². The van der Waals surface area contributed by atoms with Gasteiger partial charge in [0.25, 0.3) is 0 Å². The van der Waals surface area contributed by atoms with E-state index in [0.717, 1.165) is 59.7 Å². The molecular formula is C23H29N3OS. The Hall–Kier alpha value is -2.24. The number of H-pyrrole nitrogens is 1. The Labute approximate surface area is 171 Å². The molecule has 5 heteroatoms. The minimum absolute atomic E-state index is 0.0434. The molecule has 0 spiro atoms. The van der Waals surface area contributed by atoms with Crippen LogP contribution in [0.15, 0.2) is 35.2 Å². The lowest BCUT2D eigenvalue weighted by atomic mass is 9.98. The molecule has 1 aliphatic rings. The maximum absolute atomic E-state index is 12.3. The van der Waals surface area contributed by atoms with E-state index in [4.69, 9.17) is 4.98 Å². The Morgan fingerprint density at radius 2 is 2.00 bits per heavy atom. The van der Waals surface area contributed by atoms with E-state index < -0.39 is 0 Å². The maximum Gasteiger partial charge on any atom is 0.160 e. The Kier molecular flexibility index (Phi) is 6.47. The number of ketones is 1. The third-order valence-corrected chi connectivity index (χ3v) is 6.22. The van der Waals surface area contributed by atoms with Crippen LogP contribution in [0.25, 0.3) is 11.6 Å². The van der Waals surface area contributed by atoms with Crippen molar-refractivity contribution in [2.75, 3.05) is 13.1 Å². The van der Waals surface area contributed by atoms with Gasteiger partial charge in [-0.1, -0.05) is 6.58 Å². The molecule has 1 fully saturated rings. The van der Waals surface area contributed by atoms with E-state index in [9.17, 15) is 4.79 Å². The van der Waals surface area contributed by atoms with Crippen LogP contribution in [0, 0.1) is 13.8 Å². The van der Waals surface area contributed by atoms with Crippen LogP contribution >= 0.6 is 11.3 Å². The molecule has 0 bridgehead atoms. The zero-order valence-corrected chi connectivity index (χ0v) is 18.0. The molecule has 1 saturated heterocycles. The highest BCUT2D eigenvalue weighted by atomic mass is 32.1. The molecule has 3 heterocycles. The average molecular weight is 396 g/mol. The summed E-state index contributed by atoms with van der Waals surface area (Å²) >= 11 is 1.72. The number of rotatable bonds is 6. The van der Waals surface area contributed by atoms with Crippen molar-refractivity contribution in [1.82, 2.24) is 15.3 Å². The zero-order chi connectivity index (χ0) is 20.3. The van der Waals surface area contributed by atoms with Gasteiger partial charge in [0, 0.05) is 28.3 Å². The Morgan fingerprint density at radius 1 is 1.29 bits per heavy atom. The summed E-state index contributed by atoms with van der Waals surface area (Å²) in [5, 5.41) is 6.68. The number of carbonyl (C=O) groups excluding carboxylic acids is 1. The minimum Gasteiger partial charge on any atom is -0.359 e. The number of allylic oxidation sites excluding steroid dienone is 4. The predicted octanol–water partition coefficient (Wildman–Crippen LogP) is 5.19. The van der Waals surface area contributed by atoms with Crippen LogP contribution < -0.4 is 5.32 Å². The number of aromatic nitrogens is 2. The van der Waals surface area contributed by atoms with Gasteiger partial charge in [0.1, 0.15) is 0 Å². The third kappa shape index (κ3) is 4.78. The highest BCUT2D eigenvalue weighted by Gasteiger charge is 2.19. The van der Waals surface area contributed by atoms with Gasteiger partial charge in [0.15, 0.2) is 5.78 Å². The van der Waals surface area contributed by atoms with E-state index in [1.54, 1.807) is 18.3 Å². The fourth-order valence-electron chi connectivity index (χ4n) is 3.64. The molecule has 148 valence electrons. The van der Waals surface area contributed by atoms with Gasteiger partial charge in [-0.15, -0.1) is 11.3 Å². The molecule has 2 aromatic rings. The van der Waals surface area contributed by atoms with Crippen molar-refractivity contribution in [3.05, 3.63) is 62.9 Å². The quantitative estimate of drug-likeness (QED) is 0.523. The van der Waals surface area contributed by atoms with Crippen LogP contribution in [0.5, 0.6) is 0 Å². The highest BCUT2D eigenvalue weighted by molar-refractivity contribution is 7.09. The van der Waals surface area contributed by atoms with E-state index in [2.05, 4.69) is 28.3 Å². The van der Waals surface area contributed by atoms with Gasteiger partial charge >= 0.3 is 0 Å². The molecule has 0 atom stereocenters. The van der Waals surface area contributed by atoms with Crippen molar-refractivity contribution >= 4 is 28.8 Å². The summed E-state index contributed by atoms with van der Waals surface area (Å²) in [7, 11) is 0. The van der Waals surface area contributed by atoms with Crippen molar-refractivity contribution in [2.45, 2.75) is 46.5 Å². The normalized spacial score (nSPS) is 16.4. The van der Waals surface area contributed by atoms with Crippen molar-refractivity contribution in [2.24, 2.45) is 0 Å². The van der Waals surface area contributed by atoms with E-state index in [0.29, 0.717) is 11.5 Å². The standard InChI is InChI=1S/C23H29N3OS/c1-14(20(18(5)27)12-21-16(3)11-17(4)25-21)10-15(2)22-13-28-23(26-22)19-6-8-24-9-7-19/h10-13,19,24-25H,2,6-9H2,1,3-5H3. The first-order chi connectivity index (χ1) is 13.3. The van der Waals surface area contributed by atoms with E-state index in [1.807, 2.05) is 32.9 Å². The minimum atomic E-state index is 0.0434. The molecule has 0 radical (unpaired) electrons. The second kappa shape index (κ2) is 8.84. The lowest BCUT2D eigenvalue weighted by Gasteiger charge is -2.20. The van der Waals surface area contributed by atoms with Gasteiger partial charge in [0.2, 0.25) is 0 Å². The van der Waals surface area contributed by atoms with Gasteiger partial charge in [-0.05, 0) is 88.6 Å². The summed E-state index contributed by atoms with van der Waals surface area (Å²) in [4.78, 5) is 20.4. The zero-order valence-electron chi connectivity index (χ0n) is 17.2. The van der Waals surface area contributed by atoms with Crippen LogP contribution in [0.4, 0.5) is 0 Å². The first kappa shape index (κ1) is 20.5. The lowest BCUT2D eigenvalue weighted by molar-refractivity contribution is -0.113. The molecule has 0 saturated carbocycles. The summed E-state index contributed by atoms with van der Waals surface area (Å²) in [6.45, 7) is 14.0. The van der Waals surface area contributed by atoms with E-state index in [-0.39, 0.29) is 5.78 Å². The number of carbonyl (C=O) groups is 1. The SMILES string of the molecule is C=C(C=C(C)C(=Cc1[nH]c(C)cc1C)C(C)=O)c1csc(C2CCNCC2)n1. The summed E-state index contributed by atoms with van der Waals surface area (Å²) in [6, 6.07) is 2.08. The third-order valence-electron chi connectivity index (χ3n) is 5.21. The van der Waals surface area contributed by atoms with E-state index >= 15 is 0 Å². The second-order valence-corrected chi connectivity index (χ2v) is 8.50. The van der Waals surface area contributed by atoms with Crippen LogP contribution in [0.2, 0.25) is 0 Å². The molecule has 0 aromatic carbocycles. The number of nitrogens with zero attached hydrogens (tertiary/aromatic N) is 1. The Balaban J connectivity index is 1.82. The van der Waals surface area contributed by atoms with Crippen molar-refractivity contribution < 1.29 is 4.79 Å². The summed E-state index contributed by atoms with van der Waals surface area (Å²) in [5.74, 6) is 0.589. The fourth-order valence-corrected chi connectivity index (χ4v) is 4.66. The molecule has 0 amide bonds. The fraction of sp³-hybridized carbons (Fsp3) is 0.391. The number of hydrogen-bond donors (Lipinski definition) is 2. The average Bonchev–Trinajstić information content (AvgIpc) is 3.26. The molecule has 4 nitrogen and oxygen atoms in total.